The molecule has 2 amide bonds. The number of amides is 2. The van der Waals surface area contributed by atoms with Crippen LogP contribution in [0.3, 0.4) is 0 Å². The van der Waals surface area contributed by atoms with Crippen LogP contribution in [0.25, 0.3) is 0 Å². The van der Waals surface area contributed by atoms with Crippen LogP contribution in [0, 0.1) is 13.8 Å². The molecule has 0 spiro atoms. The summed E-state index contributed by atoms with van der Waals surface area (Å²) in [7, 11) is 0. The predicted molar refractivity (Wildman–Crippen MR) is 81.3 cm³/mol. The molecule has 0 aliphatic carbocycles. The van der Waals surface area contributed by atoms with Gasteiger partial charge in [-0.25, -0.2) is 0 Å². The summed E-state index contributed by atoms with van der Waals surface area (Å²) >= 11 is 0. The van der Waals surface area contributed by atoms with Crippen molar-refractivity contribution in [3.8, 4) is 0 Å². The van der Waals surface area contributed by atoms with Gasteiger partial charge in [0, 0.05) is 25.7 Å². The minimum Gasteiger partial charge on any atom is -0.362 e. The van der Waals surface area contributed by atoms with Crippen LogP contribution in [0.1, 0.15) is 25.2 Å². The van der Waals surface area contributed by atoms with Gasteiger partial charge in [-0.3, -0.25) is 14.3 Å². The van der Waals surface area contributed by atoms with Crippen LogP contribution in [-0.2, 0) is 20.9 Å². The Hall–Kier alpha value is -1.89. The highest BCUT2D eigenvalue weighted by molar-refractivity contribution is 5.86. The summed E-state index contributed by atoms with van der Waals surface area (Å²) in [6.45, 7) is 9.43. The van der Waals surface area contributed by atoms with E-state index in [1.165, 1.54) is 6.92 Å². The zero-order chi connectivity index (χ0) is 16.3. The second-order valence-electron chi connectivity index (χ2n) is 5.93. The molecule has 7 heteroatoms. The number of rotatable bonds is 4. The quantitative estimate of drug-likeness (QED) is 0.865. The molecule has 2 rings (SSSR count). The van der Waals surface area contributed by atoms with E-state index in [1.54, 1.807) is 11.8 Å². The monoisotopic (exact) mass is 308 g/mol. The van der Waals surface area contributed by atoms with Crippen LogP contribution in [0.4, 0.5) is 0 Å². The third-order valence-electron chi connectivity index (χ3n) is 3.91. The maximum atomic E-state index is 12.4. The topological polar surface area (TPSA) is 76.5 Å². The number of aromatic nitrogens is 2. The standard InChI is InChI=1S/C15H24N4O3/c1-11-9-12(2)19(17-11)6-5-16-14(21)15(4)10-18(13(3)20)7-8-22-15/h9H,5-8,10H2,1-4H3,(H,16,21)/t15-/m0/s1. The molecular weight excluding hydrogens is 284 g/mol. The molecule has 122 valence electrons. The van der Waals surface area contributed by atoms with Crippen LogP contribution in [-0.4, -0.2) is 58.3 Å². The van der Waals surface area contributed by atoms with Gasteiger partial charge < -0.3 is 15.0 Å². The highest BCUT2D eigenvalue weighted by Gasteiger charge is 2.39. The van der Waals surface area contributed by atoms with E-state index in [0.717, 1.165) is 11.4 Å². The molecule has 1 aliphatic heterocycles. The van der Waals surface area contributed by atoms with Crippen LogP contribution in [0.2, 0.25) is 0 Å². The number of morpholine rings is 1. The molecule has 0 aromatic carbocycles. The Morgan fingerprint density at radius 1 is 1.45 bits per heavy atom. The Labute approximate surface area is 130 Å². The van der Waals surface area contributed by atoms with E-state index in [9.17, 15) is 9.59 Å². The van der Waals surface area contributed by atoms with Crippen molar-refractivity contribution in [2.45, 2.75) is 39.8 Å². The SMILES string of the molecule is CC(=O)N1CCO[C@](C)(C(=O)NCCn2nc(C)cc2C)C1. The largest absolute Gasteiger partial charge is 0.362 e. The Morgan fingerprint density at radius 2 is 2.18 bits per heavy atom. The fourth-order valence-electron chi connectivity index (χ4n) is 2.64. The number of aryl methyl sites for hydroxylation is 2. The van der Waals surface area contributed by atoms with E-state index in [2.05, 4.69) is 10.4 Å². The van der Waals surface area contributed by atoms with E-state index >= 15 is 0 Å². The lowest BCUT2D eigenvalue weighted by molar-refractivity contribution is -0.162. The van der Waals surface area contributed by atoms with E-state index in [0.29, 0.717) is 26.2 Å². The molecule has 1 aliphatic rings. The number of nitrogens with zero attached hydrogens (tertiary/aromatic N) is 3. The first-order chi connectivity index (χ1) is 10.3. The lowest BCUT2D eigenvalue weighted by atomic mass is 10.0. The maximum absolute atomic E-state index is 12.4. The molecule has 1 fully saturated rings. The summed E-state index contributed by atoms with van der Waals surface area (Å²) < 4.78 is 7.47. The van der Waals surface area contributed by atoms with Gasteiger partial charge in [-0.1, -0.05) is 0 Å². The van der Waals surface area contributed by atoms with Gasteiger partial charge in [-0.2, -0.15) is 5.10 Å². The fourth-order valence-corrected chi connectivity index (χ4v) is 2.64. The normalized spacial score (nSPS) is 21.7. The van der Waals surface area contributed by atoms with Crippen LogP contribution in [0.5, 0.6) is 0 Å². The zero-order valence-electron chi connectivity index (χ0n) is 13.7. The number of ether oxygens (including phenoxy) is 1. The second kappa shape index (κ2) is 6.48. The van der Waals surface area contributed by atoms with Gasteiger partial charge in [0.15, 0.2) is 5.60 Å². The minimum atomic E-state index is -0.987. The molecular formula is C15H24N4O3. The third-order valence-corrected chi connectivity index (χ3v) is 3.91. The Bertz CT molecular complexity index is 569. The summed E-state index contributed by atoms with van der Waals surface area (Å²) in [6.07, 6.45) is 0. The molecule has 1 atom stereocenters. The summed E-state index contributed by atoms with van der Waals surface area (Å²) in [5.41, 5.74) is 1.04. The van der Waals surface area contributed by atoms with Gasteiger partial charge in [-0.05, 0) is 26.8 Å². The van der Waals surface area contributed by atoms with E-state index in [1.807, 2.05) is 24.6 Å². The summed E-state index contributed by atoms with van der Waals surface area (Å²) in [5.74, 6) is -0.232. The summed E-state index contributed by atoms with van der Waals surface area (Å²) in [6, 6.07) is 2.00. The molecule has 0 unspecified atom stereocenters. The smallest absolute Gasteiger partial charge is 0.253 e. The van der Waals surface area contributed by atoms with E-state index in [4.69, 9.17) is 4.74 Å². The molecule has 2 heterocycles. The Morgan fingerprint density at radius 3 is 2.77 bits per heavy atom. The maximum Gasteiger partial charge on any atom is 0.253 e. The van der Waals surface area contributed by atoms with Crippen molar-refractivity contribution in [3.63, 3.8) is 0 Å². The third kappa shape index (κ3) is 3.65. The van der Waals surface area contributed by atoms with Crippen molar-refractivity contribution in [3.05, 3.63) is 17.5 Å². The first kappa shape index (κ1) is 16.5. The number of carbonyl (C=O) groups excluding carboxylic acids is 2. The van der Waals surface area contributed by atoms with Crippen molar-refractivity contribution in [1.29, 1.82) is 0 Å². The second-order valence-corrected chi connectivity index (χ2v) is 5.93. The summed E-state index contributed by atoms with van der Waals surface area (Å²) in [4.78, 5) is 25.5. The van der Waals surface area contributed by atoms with E-state index < -0.39 is 5.60 Å². The van der Waals surface area contributed by atoms with Gasteiger partial charge >= 0.3 is 0 Å². The molecule has 1 aromatic heterocycles. The van der Waals surface area contributed by atoms with Gasteiger partial charge in [0.25, 0.3) is 5.91 Å². The lowest BCUT2D eigenvalue weighted by Crippen LogP contribution is -2.59. The van der Waals surface area contributed by atoms with E-state index in [-0.39, 0.29) is 18.4 Å². The van der Waals surface area contributed by atoms with Crippen LogP contribution in [0.15, 0.2) is 6.07 Å². The van der Waals surface area contributed by atoms with Crippen molar-refractivity contribution in [1.82, 2.24) is 20.0 Å². The zero-order valence-corrected chi connectivity index (χ0v) is 13.7. The molecule has 1 saturated heterocycles. The highest BCUT2D eigenvalue weighted by atomic mass is 16.5. The number of carbonyl (C=O) groups is 2. The van der Waals surface area contributed by atoms with Crippen molar-refractivity contribution < 1.29 is 14.3 Å². The summed E-state index contributed by atoms with van der Waals surface area (Å²) in [5, 5.41) is 7.23. The molecule has 0 saturated carbocycles. The first-order valence-electron chi connectivity index (χ1n) is 7.51. The number of hydrogen-bond donors (Lipinski definition) is 1. The van der Waals surface area contributed by atoms with Crippen molar-refractivity contribution in [2.24, 2.45) is 0 Å². The van der Waals surface area contributed by atoms with Crippen molar-refractivity contribution in [2.75, 3.05) is 26.2 Å². The molecule has 22 heavy (non-hydrogen) atoms. The Kier molecular flexibility index (Phi) is 4.85. The fraction of sp³-hybridized carbons (Fsp3) is 0.667. The van der Waals surface area contributed by atoms with Crippen LogP contribution >= 0.6 is 0 Å². The molecule has 1 N–H and O–H groups in total. The van der Waals surface area contributed by atoms with Gasteiger partial charge in [-0.15, -0.1) is 0 Å². The molecule has 0 radical (unpaired) electrons. The number of hydrogen-bond acceptors (Lipinski definition) is 4. The van der Waals surface area contributed by atoms with Gasteiger partial charge in [0.1, 0.15) is 0 Å². The van der Waals surface area contributed by atoms with Gasteiger partial charge in [0.05, 0.1) is 25.4 Å². The predicted octanol–water partition coefficient (Wildman–Crippen LogP) is 0.254. The number of nitrogens with one attached hydrogen (secondary N) is 1. The molecule has 7 nitrogen and oxygen atoms in total. The average Bonchev–Trinajstić information content (AvgIpc) is 2.77. The molecule has 1 aromatic rings. The van der Waals surface area contributed by atoms with Crippen LogP contribution < -0.4 is 5.32 Å². The lowest BCUT2D eigenvalue weighted by Gasteiger charge is -2.38. The van der Waals surface area contributed by atoms with Crippen molar-refractivity contribution >= 4 is 11.8 Å². The highest BCUT2D eigenvalue weighted by Crippen LogP contribution is 2.18. The average molecular weight is 308 g/mol. The minimum absolute atomic E-state index is 0.0371. The first-order valence-corrected chi connectivity index (χ1v) is 7.51. The van der Waals surface area contributed by atoms with Gasteiger partial charge in [0.2, 0.25) is 5.91 Å². The Balaban J connectivity index is 1.88. The molecule has 0 bridgehead atoms.